The molecule has 1 atom stereocenters. The van der Waals surface area contributed by atoms with E-state index in [0.717, 1.165) is 22.3 Å². The first-order valence-electron chi connectivity index (χ1n) is 11.5. The number of rotatable bonds is 6. The Balaban J connectivity index is 1.53. The first-order chi connectivity index (χ1) is 16.8. The van der Waals surface area contributed by atoms with Gasteiger partial charge in [-0.3, -0.25) is 0 Å². The number of ether oxygens (including phenoxy) is 3. The average molecular weight is 469 g/mol. The third kappa shape index (κ3) is 5.15. The number of carbonyl (C=O) groups excluding carboxylic acids is 1. The third-order valence-corrected chi connectivity index (χ3v) is 6.19. The number of esters is 1. The Morgan fingerprint density at radius 1 is 1.03 bits per heavy atom. The zero-order valence-corrected chi connectivity index (χ0v) is 20.3. The minimum Gasteiger partial charge on any atom is -0.482 e. The van der Waals surface area contributed by atoms with Crippen molar-refractivity contribution in [2.24, 2.45) is 5.73 Å². The lowest BCUT2D eigenvalue weighted by molar-refractivity contribution is -0.136. The van der Waals surface area contributed by atoms with Crippen molar-refractivity contribution in [2.45, 2.75) is 39.5 Å². The summed E-state index contributed by atoms with van der Waals surface area (Å²) in [6.07, 6.45) is 0. The molecule has 1 aliphatic rings. The Hall–Kier alpha value is -4.24. The minimum atomic E-state index is -0.541. The molecule has 0 spiro atoms. The van der Waals surface area contributed by atoms with Crippen molar-refractivity contribution in [2.75, 3.05) is 6.61 Å². The van der Waals surface area contributed by atoms with E-state index >= 15 is 0 Å². The molecule has 1 aliphatic heterocycles. The Labute approximate surface area is 205 Å². The van der Waals surface area contributed by atoms with Crippen LogP contribution in [-0.2, 0) is 4.79 Å². The van der Waals surface area contributed by atoms with Crippen LogP contribution in [0.4, 0.5) is 0 Å². The molecule has 0 aliphatic carbocycles. The topological polar surface area (TPSA) is 94.6 Å². The van der Waals surface area contributed by atoms with Gasteiger partial charge in [-0.1, -0.05) is 50.2 Å². The zero-order valence-electron chi connectivity index (χ0n) is 20.3. The molecule has 1 heterocycles. The van der Waals surface area contributed by atoms with Gasteiger partial charge in [0.2, 0.25) is 5.88 Å². The predicted octanol–water partition coefficient (Wildman–Crippen LogP) is 5.63. The van der Waals surface area contributed by atoms with Crippen molar-refractivity contribution in [3.8, 4) is 23.3 Å². The van der Waals surface area contributed by atoms with Crippen molar-refractivity contribution in [3.63, 3.8) is 0 Å². The lowest BCUT2D eigenvalue weighted by Gasteiger charge is -2.27. The van der Waals surface area contributed by atoms with Crippen molar-refractivity contribution in [1.29, 1.82) is 5.26 Å². The molecule has 6 nitrogen and oxygen atoms in total. The Kier molecular flexibility index (Phi) is 6.79. The summed E-state index contributed by atoms with van der Waals surface area (Å²) in [4.78, 5) is 12.4. The highest BCUT2D eigenvalue weighted by Crippen LogP contribution is 2.43. The van der Waals surface area contributed by atoms with Gasteiger partial charge in [0.15, 0.2) is 6.61 Å². The molecule has 178 valence electrons. The van der Waals surface area contributed by atoms with E-state index in [9.17, 15) is 10.1 Å². The molecule has 35 heavy (non-hydrogen) atoms. The maximum atomic E-state index is 12.4. The Morgan fingerprint density at radius 3 is 2.40 bits per heavy atom. The standard InChI is InChI=1S/C29H28N2O4/c1-17(2)20-6-8-21(9-7-20)28-24-12-11-23(14-26(24)35-29(31)25(28)15-30)34-27(32)16-33-22-10-5-18(3)19(4)13-22/h5-14,17,28H,16,31H2,1-4H3. The highest BCUT2D eigenvalue weighted by molar-refractivity contribution is 5.74. The minimum absolute atomic E-state index is 0.0412. The summed E-state index contributed by atoms with van der Waals surface area (Å²) in [7, 11) is 0. The molecule has 0 bridgehead atoms. The van der Waals surface area contributed by atoms with Crippen LogP contribution in [0.15, 0.2) is 72.1 Å². The van der Waals surface area contributed by atoms with E-state index in [1.54, 1.807) is 18.2 Å². The van der Waals surface area contributed by atoms with E-state index in [0.29, 0.717) is 28.7 Å². The molecule has 0 saturated carbocycles. The van der Waals surface area contributed by atoms with E-state index in [4.69, 9.17) is 19.9 Å². The molecule has 2 N–H and O–H groups in total. The molecule has 6 heteroatoms. The van der Waals surface area contributed by atoms with Crippen LogP contribution < -0.4 is 19.9 Å². The van der Waals surface area contributed by atoms with Crippen LogP contribution in [-0.4, -0.2) is 12.6 Å². The summed E-state index contributed by atoms with van der Waals surface area (Å²) in [5.74, 6) is 0.883. The fraction of sp³-hybridized carbons (Fsp3) is 0.241. The number of hydrogen-bond donors (Lipinski definition) is 1. The van der Waals surface area contributed by atoms with Crippen molar-refractivity contribution < 1.29 is 19.0 Å². The highest BCUT2D eigenvalue weighted by Gasteiger charge is 2.31. The molecule has 1 unspecified atom stereocenters. The number of benzene rings is 3. The van der Waals surface area contributed by atoms with Gasteiger partial charge in [0.25, 0.3) is 0 Å². The normalized spacial score (nSPS) is 14.7. The smallest absolute Gasteiger partial charge is 0.349 e. The van der Waals surface area contributed by atoms with Crippen molar-refractivity contribution in [1.82, 2.24) is 0 Å². The largest absolute Gasteiger partial charge is 0.482 e. The maximum absolute atomic E-state index is 12.4. The van der Waals surface area contributed by atoms with Crippen molar-refractivity contribution >= 4 is 5.97 Å². The summed E-state index contributed by atoms with van der Waals surface area (Å²) in [6.45, 7) is 8.03. The maximum Gasteiger partial charge on any atom is 0.349 e. The number of aryl methyl sites for hydroxylation is 2. The first kappa shape index (κ1) is 23.9. The fourth-order valence-electron chi connectivity index (χ4n) is 4.02. The molecular weight excluding hydrogens is 440 g/mol. The summed E-state index contributed by atoms with van der Waals surface area (Å²) in [5.41, 5.74) is 11.6. The molecule has 3 aromatic carbocycles. The zero-order chi connectivity index (χ0) is 25.1. The van der Waals surface area contributed by atoms with Gasteiger partial charge in [-0.05, 0) is 60.2 Å². The van der Waals surface area contributed by atoms with Crippen LogP contribution in [0, 0.1) is 25.2 Å². The van der Waals surface area contributed by atoms with E-state index in [2.05, 4.69) is 32.0 Å². The highest BCUT2D eigenvalue weighted by atomic mass is 16.6. The fourth-order valence-corrected chi connectivity index (χ4v) is 4.02. The van der Waals surface area contributed by atoms with Gasteiger partial charge in [-0.2, -0.15) is 5.26 Å². The SMILES string of the molecule is Cc1ccc(OCC(=O)Oc2ccc3c(c2)OC(N)=C(C#N)C3c2ccc(C(C)C)cc2)cc1C. The van der Waals surface area contributed by atoms with E-state index in [-0.39, 0.29) is 18.4 Å². The van der Waals surface area contributed by atoms with Gasteiger partial charge in [-0.25, -0.2) is 4.79 Å². The van der Waals surface area contributed by atoms with E-state index in [1.807, 2.05) is 44.2 Å². The molecule has 0 saturated heterocycles. The summed E-state index contributed by atoms with van der Waals surface area (Å²) >= 11 is 0. The first-order valence-corrected chi connectivity index (χ1v) is 11.5. The molecule has 0 aromatic heterocycles. The lowest BCUT2D eigenvalue weighted by atomic mass is 9.83. The number of fused-ring (bicyclic) bond motifs is 1. The van der Waals surface area contributed by atoms with E-state index in [1.165, 1.54) is 5.56 Å². The lowest BCUT2D eigenvalue weighted by Crippen LogP contribution is -2.21. The third-order valence-electron chi connectivity index (χ3n) is 6.19. The Bertz CT molecular complexity index is 1330. The number of nitrogens with two attached hydrogens (primary N) is 1. The predicted molar refractivity (Wildman–Crippen MR) is 133 cm³/mol. The summed E-state index contributed by atoms with van der Waals surface area (Å²) < 4.78 is 16.8. The Morgan fingerprint density at radius 2 is 1.74 bits per heavy atom. The summed E-state index contributed by atoms with van der Waals surface area (Å²) in [5, 5.41) is 9.77. The van der Waals surface area contributed by atoms with Crippen LogP contribution in [0.25, 0.3) is 0 Å². The van der Waals surface area contributed by atoms with Gasteiger partial charge in [0, 0.05) is 11.6 Å². The second-order valence-corrected chi connectivity index (χ2v) is 8.95. The molecule has 0 fully saturated rings. The van der Waals surface area contributed by atoms with Gasteiger partial charge in [0.05, 0.1) is 5.92 Å². The number of hydrogen-bond acceptors (Lipinski definition) is 6. The molecule has 0 amide bonds. The van der Waals surface area contributed by atoms with Gasteiger partial charge < -0.3 is 19.9 Å². The van der Waals surface area contributed by atoms with Gasteiger partial charge >= 0.3 is 5.97 Å². The number of nitrogens with zero attached hydrogens (tertiary/aromatic N) is 1. The number of nitriles is 1. The van der Waals surface area contributed by atoms with Gasteiger partial charge in [0.1, 0.15) is 28.9 Å². The second kappa shape index (κ2) is 9.94. The van der Waals surface area contributed by atoms with Crippen LogP contribution >= 0.6 is 0 Å². The summed E-state index contributed by atoms with van der Waals surface area (Å²) in [6, 6.07) is 21.1. The molecule has 4 rings (SSSR count). The number of allylic oxidation sites excluding steroid dienone is 1. The van der Waals surface area contributed by atoms with Gasteiger partial charge in [-0.15, -0.1) is 0 Å². The second-order valence-electron chi connectivity index (χ2n) is 8.95. The van der Waals surface area contributed by atoms with E-state index < -0.39 is 5.97 Å². The molecular formula is C29H28N2O4. The molecule has 0 radical (unpaired) electrons. The van der Waals surface area contributed by atoms with Crippen molar-refractivity contribution in [3.05, 3.63) is 99.9 Å². The van der Waals surface area contributed by atoms with Crippen LogP contribution in [0.3, 0.4) is 0 Å². The quantitative estimate of drug-likeness (QED) is 0.372. The van der Waals surface area contributed by atoms with Crippen LogP contribution in [0.5, 0.6) is 17.2 Å². The monoisotopic (exact) mass is 468 g/mol. The molecule has 3 aromatic rings. The average Bonchev–Trinajstić information content (AvgIpc) is 2.84. The van der Waals surface area contributed by atoms with Crippen LogP contribution in [0.1, 0.15) is 53.5 Å². The number of carbonyl (C=O) groups is 1. The van der Waals surface area contributed by atoms with Crippen LogP contribution in [0.2, 0.25) is 0 Å².